The first kappa shape index (κ1) is 14.9. The van der Waals surface area contributed by atoms with Crippen molar-refractivity contribution in [1.82, 2.24) is 0 Å². The molecule has 0 spiro atoms. The Kier molecular flexibility index (Phi) is 4.71. The van der Waals surface area contributed by atoms with Crippen molar-refractivity contribution in [3.63, 3.8) is 0 Å². The van der Waals surface area contributed by atoms with E-state index in [2.05, 4.69) is 26.0 Å². The van der Waals surface area contributed by atoms with E-state index in [-0.39, 0.29) is 0 Å². The van der Waals surface area contributed by atoms with Crippen molar-refractivity contribution in [2.75, 3.05) is 27.9 Å². The van der Waals surface area contributed by atoms with Crippen molar-refractivity contribution < 1.29 is 14.2 Å². The van der Waals surface area contributed by atoms with Crippen LogP contribution in [0.1, 0.15) is 42.4 Å². The van der Waals surface area contributed by atoms with E-state index in [1.165, 1.54) is 16.7 Å². The van der Waals surface area contributed by atoms with E-state index >= 15 is 0 Å². The standard InChI is InChI=1S/C17H24O3/c1-6-12-7-8-13(10-18-3)15-14(12)9-11(2)16(19-4)17(15)20-5/h6,9,13H,7-8,10H2,1-5H3/b12-6+/t13-/m0/s1. The normalized spacial score (nSPS) is 19.9. The summed E-state index contributed by atoms with van der Waals surface area (Å²) in [4.78, 5) is 0. The zero-order chi connectivity index (χ0) is 14.7. The molecule has 1 aromatic carbocycles. The molecule has 20 heavy (non-hydrogen) atoms. The number of allylic oxidation sites excluding steroid dienone is 2. The molecular weight excluding hydrogens is 252 g/mol. The summed E-state index contributed by atoms with van der Waals surface area (Å²) in [6.07, 6.45) is 4.38. The van der Waals surface area contributed by atoms with Crippen LogP contribution in [0.5, 0.6) is 11.5 Å². The van der Waals surface area contributed by atoms with Crippen LogP contribution in [-0.4, -0.2) is 27.9 Å². The topological polar surface area (TPSA) is 27.7 Å². The fourth-order valence-electron chi connectivity index (χ4n) is 3.19. The van der Waals surface area contributed by atoms with E-state index in [0.29, 0.717) is 12.5 Å². The zero-order valence-electron chi connectivity index (χ0n) is 13.1. The lowest BCUT2D eigenvalue weighted by molar-refractivity contribution is 0.173. The molecule has 0 N–H and O–H groups in total. The van der Waals surface area contributed by atoms with Gasteiger partial charge >= 0.3 is 0 Å². The minimum atomic E-state index is 0.364. The lowest BCUT2D eigenvalue weighted by Crippen LogP contribution is -2.16. The van der Waals surface area contributed by atoms with Crippen molar-refractivity contribution in [3.8, 4) is 11.5 Å². The third-order valence-corrected chi connectivity index (χ3v) is 4.10. The van der Waals surface area contributed by atoms with Gasteiger partial charge in [-0.1, -0.05) is 6.08 Å². The van der Waals surface area contributed by atoms with Crippen LogP contribution in [0.25, 0.3) is 5.57 Å². The Bertz CT molecular complexity index is 517. The summed E-state index contributed by atoms with van der Waals surface area (Å²) >= 11 is 0. The molecular formula is C17H24O3. The van der Waals surface area contributed by atoms with Crippen molar-refractivity contribution in [2.24, 2.45) is 0 Å². The second kappa shape index (κ2) is 6.31. The molecule has 0 aliphatic heterocycles. The maximum Gasteiger partial charge on any atom is 0.165 e. The summed E-state index contributed by atoms with van der Waals surface area (Å²) < 4.78 is 16.6. The molecule has 0 saturated carbocycles. The van der Waals surface area contributed by atoms with E-state index in [4.69, 9.17) is 14.2 Å². The number of fused-ring (bicyclic) bond motifs is 1. The number of rotatable bonds is 4. The molecule has 3 nitrogen and oxygen atoms in total. The highest BCUT2D eigenvalue weighted by Crippen LogP contribution is 2.48. The number of hydrogen-bond donors (Lipinski definition) is 0. The molecule has 0 bridgehead atoms. The lowest BCUT2D eigenvalue weighted by Gasteiger charge is -2.30. The summed E-state index contributed by atoms with van der Waals surface area (Å²) in [7, 11) is 5.16. The van der Waals surface area contributed by atoms with Crippen LogP contribution in [0.15, 0.2) is 12.1 Å². The number of methoxy groups -OCH3 is 3. The number of benzene rings is 1. The van der Waals surface area contributed by atoms with E-state index in [0.717, 1.165) is 29.9 Å². The second-order valence-electron chi connectivity index (χ2n) is 5.23. The monoisotopic (exact) mass is 276 g/mol. The van der Waals surface area contributed by atoms with Crippen LogP contribution < -0.4 is 9.47 Å². The van der Waals surface area contributed by atoms with E-state index in [9.17, 15) is 0 Å². The van der Waals surface area contributed by atoms with Gasteiger partial charge in [0, 0.05) is 18.6 Å². The maximum atomic E-state index is 5.68. The van der Waals surface area contributed by atoms with Gasteiger partial charge in [-0.15, -0.1) is 0 Å². The molecule has 0 fully saturated rings. The van der Waals surface area contributed by atoms with Crippen molar-refractivity contribution in [2.45, 2.75) is 32.6 Å². The first-order valence-electron chi connectivity index (χ1n) is 7.07. The molecule has 0 heterocycles. The van der Waals surface area contributed by atoms with Gasteiger partial charge in [0.15, 0.2) is 11.5 Å². The smallest absolute Gasteiger partial charge is 0.165 e. The average Bonchev–Trinajstić information content (AvgIpc) is 2.46. The summed E-state index contributed by atoms with van der Waals surface area (Å²) in [6.45, 7) is 4.88. The van der Waals surface area contributed by atoms with Gasteiger partial charge in [-0.3, -0.25) is 0 Å². The Labute approximate surface area is 121 Å². The highest BCUT2D eigenvalue weighted by atomic mass is 16.5. The highest BCUT2D eigenvalue weighted by Gasteiger charge is 2.29. The molecule has 0 aromatic heterocycles. The third kappa shape index (κ3) is 2.42. The lowest BCUT2D eigenvalue weighted by atomic mass is 9.78. The average molecular weight is 276 g/mol. The van der Waals surface area contributed by atoms with Crippen molar-refractivity contribution >= 4 is 5.57 Å². The number of ether oxygens (including phenoxy) is 3. The predicted molar refractivity (Wildman–Crippen MR) is 81.8 cm³/mol. The van der Waals surface area contributed by atoms with Crippen LogP contribution in [0.3, 0.4) is 0 Å². The zero-order valence-corrected chi connectivity index (χ0v) is 13.1. The maximum absolute atomic E-state index is 5.68. The molecule has 1 aliphatic carbocycles. The van der Waals surface area contributed by atoms with Crippen molar-refractivity contribution in [3.05, 3.63) is 28.8 Å². The van der Waals surface area contributed by atoms with Gasteiger partial charge in [0.1, 0.15) is 0 Å². The van der Waals surface area contributed by atoms with Gasteiger partial charge < -0.3 is 14.2 Å². The van der Waals surface area contributed by atoms with Gasteiger partial charge in [0.2, 0.25) is 0 Å². The second-order valence-corrected chi connectivity index (χ2v) is 5.23. The molecule has 1 aliphatic rings. The van der Waals surface area contributed by atoms with Crippen molar-refractivity contribution in [1.29, 1.82) is 0 Å². The van der Waals surface area contributed by atoms with Gasteiger partial charge in [-0.25, -0.2) is 0 Å². The summed E-state index contributed by atoms with van der Waals surface area (Å²) in [5.74, 6) is 2.07. The fourth-order valence-corrected chi connectivity index (χ4v) is 3.19. The summed E-state index contributed by atoms with van der Waals surface area (Å²) in [5, 5.41) is 0. The Morgan fingerprint density at radius 1 is 1.20 bits per heavy atom. The Morgan fingerprint density at radius 3 is 2.45 bits per heavy atom. The van der Waals surface area contributed by atoms with Gasteiger partial charge in [0.05, 0.1) is 20.8 Å². The van der Waals surface area contributed by atoms with Crippen LogP contribution in [-0.2, 0) is 4.74 Å². The largest absolute Gasteiger partial charge is 0.493 e. The number of hydrogen-bond acceptors (Lipinski definition) is 3. The highest BCUT2D eigenvalue weighted by molar-refractivity contribution is 5.76. The molecule has 0 amide bonds. The molecule has 0 unspecified atom stereocenters. The molecule has 110 valence electrons. The fraction of sp³-hybridized carbons (Fsp3) is 0.529. The molecule has 0 radical (unpaired) electrons. The van der Waals surface area contributed by atoms with Crippen LogP contribution in [0.4, 0.5) is 0 Å². The molecule has 2 rings (SSSR count). The predicted octanol–water partition coefficient (Wildman–Crippen LogP) is 3.94. The molecule has 3 heteroatoms. The molecule has 1 aromatic rings. The van der Waals surface area contributed by atoms with E-state index in [1.54, 1.807) is 21.3 Å². The van der Waals surface area contributed by atoms with Gasteiger partial charge in [-0.2, -0.15) is 0 Å². The minimum absolute atomic E-state index is 0.364. The van der Waals surface area contributed by atoms with Crippen LogP contribution in [0.2, 0.25) is 0 Å². The molecule has 0 saturated heterocycles. The summed E-state index contributed by atoms with van der Waals surface area (Å²) in [5.41, 5.74) is 5.02. The van der Waals surface area contributed by atoms with Gasteiger partial charge in [-0.05, 0) is 49.5 Å². The Balaban J connectivity index is 2.69. The molecule has 1 atom stereocenters. The minimum Gasteiger partial charge on any atom is -0.493 e. The quantitative estimate of drug-likeness (QED) is 0.833. The Morgan fingerprint density at radius 2 is 1.90 bits per heavy atom. The third-order valence-electron chi connectivity index (χ3n) is 4.10. The number of aryl methyl sites for hydroxylation is 1. The van der Waals surface area contributed by atoms with Crippen LogP contribution in [0, 0.1) is 6.92 Å². The summed E-state index contributed by atoms with van der Waals surface area (Å²) in [6, 6.07) is 2.22. The van der Waals surface area contributed by atoms with E-state index in [1.807, 2.05) is 0 Å². The van der Waals surface area contributed by atoms with Crippen LogP contribution >= 0.6 is 0 Å². The first-order valence-corrected chi connectivity index (χ1v) is 7.07. The van der Waals surface area contributed by atoms with Gasteiger partial charge in [0.25, 0.3) is 0 Å². The Hall–Kier alpha value is -1.48. The SMILES string of the molecule is C/C=C1\CC[C@@H](COC)c2c1cc(C)c(OC)c2OC. The van der Waals surface area contributed by atoms with E-state index < -0.39 is 0 Å². The first-order chi connectivity index (χ1) is 9.67.